The van der Waals surface area contributed by atoms with Gasteiger partial charge < -0.3 is 20.4 Å². The number of amides is 3. The van der Waals surface area contributed by atoms with Crippen molar-refractivity contribution in [3.8, 4) is 0 Å². The molecule has 0 spiro atoms. The second-order valence-corrected chi connectivity index (χ2v) is 8.13. The van der Waals surface area contributed by atoms with Gasteiger partial charge in [0.2, 0.25) is 11.8 Å². The van der Waals surface area contributed by atoms with Gasteiger partial charge in [0.1, 0.15) is 5.69 Å². The third kappa shape index (κ3) is 5.85. The zero-order valence-corrected chi connectivity index (χ0v) is 18.8. The van der Waals surface area contributed by atoms with Gasteiger partial charge >= 0.3 is 0 Å². The molecule has 2 aromatic rings. The number of benzene rings is 2. The second-order valence-electron chi connectivity index (χ2n) is 8.13. The van der Waals surface area contributed by atoms with Gasteiger partial charge in [-0.05, 0) is 36.4 Å². The third-order valence-electron chi connectivity index (χ3n) is 5.43. The van der Waals surface area contributed by atoms with E-state index < -0.39 is 10.8 Å². The van der Waals surface area contributed by atoms with Crippen molar-refractivity contribution < 1.29 is 19.3 Å². The summed E-state index contributed by atoms with van der Waals surface area (Å²) in [5.74, 6) is -0.764. The number of piperazine rings is 1. The Kier molecular flexibility index (Phi) is 7.27. The van der Waals surface area contributed by atoms with Gasteiger partial charge in [0.05, 0.1) is 4.92 Å². The summed E-state index contributed by atoms with van der Waals surface area (Å²) in [4.78, 5) is 50.7. The second kappa shape index (κ2) is 10.1. The first-order chi connectivity index (χ1) is 15.7. The molecule has 3 amide bonds. The van der Waals surface area contributed by atoms with Crippen molar-refractivity contribution in [2.45, 2.75) is 20.8 Å². The lowest BCUT2D eigenvalue weighted by atomic mass is 10.1. The number of anilines is 3. The molecule has 1 aliphatic rings. The molecule has 3 rings (SSSR count). The molecule has 33 heavy (non-hydrogen) atoms. The summed E-state index contributed by atoms with van der Waals surface area (Å²) in [6, 6.07) is 11.0. The maximum atomic E-state index is 12.7. The Morgan fingerprint density at radius 2 is 1.52 bits per heavy atom. The van der Waals surface area contributed by atoms with Crippen LogP contribution in [0.1, 0.15) is 31.1 Å². The average Bonchev–Trinajstić information content (AvgIpc) is 2.79. The van der Waals surface area contributed by atoms with Crippen molar-refractivity contribution in [2.75, 3.05) is 41.7 Å². The fraction of sp³-hybridized carbons (Fsp3) is 0.348. The lowest BCUT2D eigenvalue weighted by Gasteiger charge is -2.35. The quantitative estimate of drug-likeness (QED) is 0.511. The van der Waals surface area contributed by atoms with Crippen LogP contribution < -0.4 is 15.5 Å². The van der Waals surface area contributed by atoms with Crippen LogP contribution >= 0.6 is 0 Å². The first-order valence-electron chi connectivity index (χ1n) is 10.7. The Bertz CT molecular complexity index is 1060. The minimum absolute atomic E-state index is 0.0218. The number of nitrogens with zero attached hydrogens (tertiary/aromatic N) is 3. The van der Waals surface area contributed by atoms with Crippen LogP contribution in [0.25, 0.3) is 0 Å². The maximum Gasteiger partial charge on any atom is 0.293 e. The predicted molar refractivity (Wildman–Crippen MR) is 125 cm³/mol. The van der Waals surface area contributed by atoms with Crippen molar-refractivity contribution in [1.82, 2.24) is 4.90 Å². The van der Waals surface area contributed by atoms with E-state index in [0.29, 0.717) is 43.2 Å². The summed E-state index contributed by atoms with van der Waals surface area (Å²) in [6.45, 7) is 7.02. The summed E-state index contributed by atoms with van der Waals surface area (Å²) >= 11 is 0. The topological polar surface area (TPSA) is 125 Å². The zero-order chi connectivity index (χ0) is 24.1. The van der Waals surface area contributed by atoms with Gasteiger partial charge in [-0.15, -0.1) is 0 Å². The van der Waals surface area contributed by atoms with Crippen molar-refractivity contribution in [3.63, 3.8) is 0 Å². The molecule has 0 atom stereocenters. The highest BCUT2D eigenvalue weighted by molar-refractivity contribution is 6.05. The zero-order valence-electron chi connectivity index (χ0n) is 18.8. The van der Waals surface area contributed by atoms with Crippen molar-refractivity contribution in [1.29, 1.82) is 0 Å². The van der Waals surface area contributed by atoms with Gasteiger partial charge in [-0.1, -0.05) is 13.8 Å². The molecule has 10 nitrogen and oxygen atoms in total. The van der Waals surface area contributed by atoms with Crippen LogP contribution in [0.2, 0.25) is 0 Å². The first-order valence-corrected chi connectivity index (χ1v) is 10.7. The van der Waals surface area contributed by atoms with E-state index in [9.17, 15) is 24.5 Å². The number of nitro groups is 1. The highest BCUT2D eigenvalue weighted by Gasteiger charge is 2.26. The van der Waals surface area contributed by atoms with E-state index in [-0.39, 0.29) is 29.0 Å². The van der Waals surface area contributed by atoms with Crippen molar-refractivity contribution in [3.05, 3.63) is 58.1 Å². The molecule has 174 valence electrons. The Morgan fingerprint density at radius 3 is 2.03 bits per heavy atom. The van der Waals surface area contributed by atoms with Crippen LogP contribution in [-0.2, 0) is 9.59 Å². The molecule has 0 saturated carbocycles. The van der Waals surface area contributed by atoms with Gasteiger partial charge in [0.25, 0.3) is 11.6 Å². The van der Waals surface area contributed by atoms with Crippen LogP contribution in [0.5, 0.6) is 0 Å². The first kappa shape index (κ1) is 23.7. The van der Waals surface area contributed by atoms with Crippen LogP contribution in [0.15, 0.2) is 42.5 Å². The molecule has 0 unspecified atom stereocenters. The van der Waals surface area contributed by atoms with Crippen LogP contribution in [-0.4, -0.2) is 53.7 Å². The molecule has 0 radical (unpaired) electrons. The fourth-order valence-corrected chi connectivity index (χ4v) is 3.47. The standard InChI is InChI=1S/C23H27N5O5/c1-15(2)22(30)24-18-5-7-19(8-6-18)25-23(31)17-4-9-20(21(14-17)28(32)33)27-12-10-26(11-13-27)16(3)29/h4-9,14-15H,10-13H2,1-3H3,(H,24,30)(H,25,31). The molecule has 1 aliphatic heterocycles. The molecule has 2 aromatic carbocycles. The molecule has 1 fully saturated rings. The number of nitro benzene ring substituents is 1. The number of rotatable bonds is 6. The van der Waals surface area contributed by atoms with E-state index in [1.807, 2.05) is 4.90 Å². The number of hydrogen-bond acceptors (Lipinski definition) is 6. The molecule has 2 N–H and O–H groups in total. The van der Waals surface area contributed by atoms with Gasteiger partial charge in [0.15, 0.2) is 0 Å². The van der Waals surface area contributed by atoms with E-state index in [2.05, 4.69) is 10.6 Å². The smallest absolute Gasteiger partial charge is 0.293 e. The van der Waals surface area contributed by atoms with Gasteiger partial charge in [-0.2, -0.15) is 0 Å². The van der Waals surface area contributed by atoms with E-state index in [1.165, 1.54) is 13.0 Å². The van der Waals surface area contributed by atoms with Crippen molar-refractivity contribution >= 4 is 40.5 Å². The van der Waals surface area contributed by atoms with Crippen LogP contribution in [0.4, 0.5) is 22.7 Å². The Balaban J connectivity index is 1.71. The van der Waals surface area contributed by atoms with Crippen molar-refractivity contribution in [2.24, 2.45) is 5.92 Å². The summed E-state index contributed by atoms with van der Waals surface area (Å²) in [6.07, 6.45) is 0. The van der Waals surface area contributed by atoms with Gasteiger partial charge in [-0.25, -0.2) is 0 Å². The average molecular weight is 453 g/mol. The Hall–Kier alpha value is -3.95. The summed E-state index contributed by atoms with van der Waals surface area (Å²) in [5.41, 5.74) is 1.52. The van der Waals surface area contributed by atoms with Gasteiger partial charge in [0, 0.05) is 62.0 Å². The monoisotopic (exact) mass is 453 g/mol. The minimum Gasteiger partial charge on any atom is -0.362 e. The summed E-state index contributed by atoms with van der Waals surface area (Å²) in [7, 11) is 0. The third-order valence-corrected chi connectivity index (χ3v) is 5.43. The molecule has 1 heterocycles. The highest BCUT2D eigenvalue weighted by atomic mass is 16.6. The minimum atomic E-state index is -0.504. The Labute approximate surface area is 191 Å². The molecule has 0 bridgehead atoms. The van der Waals surface area contributed by atoms with E-state index in [1.54, 1.807) is 55.1 Å². The predicted octanol–water partition coefficient (Wildman–Crippen LogP) is 3.11. The molecular formula is C23H27N5O5. The highest BCUT2D eigenvalue weighted by Crippen LogP contribution is 2.30. The van der Waals surface area contributed by atoms with E-state index in [4.69, 9.17) is 0 Å². The Morgan fingerprint density at radius 1 is 0.939 bits per heavy atom. The van der Waals surface area contributed by atoms with Gasteiger partial charge in [-0.3, -0.25) is 24.5 Å². The SMILES string of the molecule is CC(=O)N1CCN(c2ccc(C(=O)Nc3ccc(NC(=O)C(C)C)cc3)cc2[N+](=O)[O-])CC1. The molecular weight excluding hydrogens is 426 g/mol. The number of carbonyl (C=O) groups is 3. The van der Waals surface area contributed by atoms with Crippen LogP contribution in [0, 0.1) is 16.0 Å². The lowest BCUT2D eigenvalue weighted by molar-refractivity contribution is -0.384. The largest absolute Gasteiger partial charge is 0.362 e. The molecule has 1 saturated heterocycles. The summed E-state index contributed by atoms with van der Waals surface area (Å²) < 4.78 is 0. The molecule has 0 aliphatic carbocycles. The number of hydrogen-bond donors (Lipinski definition) is 2. The fourth-order valence-electron chi connectivity index (χ4n) is 3.47. The number of nitrogens with one attached hydrogen (secondary N) is 2. The normalized spacial score (nSPS) is 13.6. The molecule has 10 heteroatoms. The maximum absolute atomic E-state index is 12.7. The molecule has 0 aromatic heterocycles. The summed E-state index contributed by atoms with van der Waals surface area (Å²) in [5, 5.41) is 17.2. The number of carbonyl (C=O) groups excluding carboxylic acids is 3. The van der Waals surface area contributed by atoms with Crippen LogP contribution in [0.3, 0.4) is 0 Å². The van der Waals surface area contributed by atoms with E-state index in [0.717, 1.165) is 0 Å². The van der Waals surface area contributed by atoms with E-state index >= 15 is 0 Å². The lowest BCUT2D eigenvalue weighted by Crippen LogP contribution is -2.48.